The number of likely N-dealkylation sites (tertiary alicyclic amines) is 2. The second-order valence-corrected chi connectivity index (χ2v) is 17.7. The average Bonchev–Trinajstić information content (AvgIpc) is 4.08. The lowest BCUT2D eigenvalue weighted by Gasteiger charge is -2.34. The number of ether oxygens (including phenoxy) is 4. The Balaban J connectivity index is 1.50. The maximum Gasteiger partial charge on any atom is 0.302 e. The van der Waals surface area contributed by atoms with E-state index in [9.17, 15) is 28.8 Å². The lowest BCUT2D eigenvalue weighted by atomic mass is 9.93. The molecule has 0 radical (unpaired) electrons. The smallest absolute Gasteiger partial charge is 0.302 e. The number of nitrogens with one attached hydrogen (secondary N) is 6. The third-order valence-corrected chi connectivity index (χ3v) is 13.4. The van der Waals surface area contributed by atoms with Gasteiger partial charge in [-0.2, -0.15) is 0 Å². The molecule has 0 aliphatic carbocycles. The highest BCUT2D eigenvalue weighted by atomic mass is 19.1. The van der Waals surface area contributed by atoms with Crippen molar-refractivity contribution in [2.75, 3.05) is 41.4 Å². The van der Waals surface area contributed by atoms with Gasteiger partial charge < -0.3 is 60.0 Å². The zero-order chi connectivity index (χ0) is 49.7. The molecule has 6 rings (SSSR count). The molecule has 2 fully saturated rings. The zero-order valence-electron chi connectivity index (χ0n) is 40.2. The second kappa shape index (κ2) is 22.0. The summed E-state index contributed by atoms with van der Waals surface area (Å²) in [5.74, 6) is -3.99. The molecular weight excluding hydrogens is 887 g/mol. The third-order valence-electron chi connectivity index (χ3n) is 13.4. The first kappa shape index (κ1) is 51.4. The monoisotopic (exact) mass is 950 g/mol. The molecule has 10 atom stereocenters. The van der Waals surface area contributed by atoms with Crippen LogP contribution in [0.1, 0.15) is 65.5 Å². The molecule has 2 aliphatic rings. The molecule has 20 heteroatoms. The number of benzene rings is 2. The lowest BCUT2D eigenvalue weighted by molar-refractivity contribution is -0.150. The summed E-state index contributed by atoms with van der Waals surface area (Å²) in [6.45, 7) is 9.52. The summed E-state index contributed by atoms with van der Waals surface area (Å²) in [6, 6.07) is 3.36. The van der Waals surface area contributed by atoms with Gasteiger partial charge in [-0.15, -0.1) is 0 Å². The summed E-state index contributed by atoms with van der Waals surface area (Å²) in [4.78, 5) is 90.9. The Morgan fingerprint density at radius 1 is 0.647 bits per heavy atom. The van der Waals surface area contributed by atoms with Crippen LogP contribution in [-0.2, 0) is 60.6 Å². The van der Waals surface area contributed by atoms with Gasteiger partial charge in [0, 0.05) is 75.8 Å². The van der Waals surface area contributed by atoms with E-state index in [1.807, 2.05) is 0 Å². The first-order valence-corrected chi connectivity index (χ1v) is 22.9. The van der Waals surface area contributed by atoms with Crippen LogP contribution in [0.4, 0.5) is 8.78 Å². The number of hydrogen-bond donors (Lipinski definition) is 6. The van der Waals surface area contributed by atoms with Crippen molar-refractivity contribution in [1.82, 2.24) is 41.0 Å². The number of halogens is 2. The fraction of sp³-hybridized carbons (Fsp3) is 0.542. The van der Waals surface area contributed by atoms with Gasteiger partial charge >= 0.3 is 11.9 Å². The minimum atomic E-state index is -1.12. The first-order chi connectivity index (χ1) is 32.3. The zero-order valence-corrected chi connectivity index (χ0v) is 40.2. The molecule has 0 bridgehead atoms. The fourth-order valence-corrected chi connectivity index (χ4v) is 9.31. The molecule has 0 spiro atoms. The number of carbonyl (C=O) groups excluding carboxylic acids is 6. The van der Waals surface area contributed by atoms with Gasteiger partial charge in [-0.1, -0.05) is 0 Å². The van der Waals surface area contributed by atoms with Gasteiger partial charge in [-0.05, 0) is 102 Å². The quantitative estimate of drug-likeness (QED) is 0.0747. The summed E-state index contributed by atoms with van der Waals surface area (Å²) < 4.78 is 53.1. The van der Waals surface area contributed by atoms with Gasteiger partial charge in [-0.25, -0.2) is 8.78 Å². The molecule has 370 valence electrons. The highest BCUT2D eigenvalue weighted by Gasteiger charge is 2.46. The number of H-pyrrole nitrogens is 2. The van der Waals surface area contributed by atoms with Gasteiger partial charge in [0.1, 0.15) is 35.9 Å². The normalized spacial score (nSPS) is 21.0. The van der Waals surface area contributed by atoms with Crippen LogP contribution >= 0.6 is 0 Å². The Kier molecular flexibility index (Phi) is 16.6. The van der Waals surface area contributed by atoms with Gasteiger partial charge in [0.25, 0.3) is 0 Å². The van der Waals surface area contributed by atoms with E-state index in [1.54, 1.807) is 63.7 Å². The third kappa shape index (κ3) is 11.0. The van der Waals surface area contributed by atoms with Crippen LogP contribution in [0.25, 0.3) is 33.2 Å². The molecular formula is C48H64F2N8O10. The SMILES string of the molecule is CN[C@@H](C)C(=O)NC(C(=O)N1CC[C@H](OC(C)=O)[C@H]1Cc1c(-c2[nH]c3cc(F)ccc3c2C[C@@H]2[C@@H](OC(C)=O)CCN2C(=O)[C@@H](NC(=O)[C@H](C)NC)[C@@H](C)OC)[nH]c2cc(F)ccc12)[C@@H](C)OC. The van der Waals surface area contributed by atoms with Crippen LogP contribution in [-0.4, -0.2) is 157 Å². The summed E-state index contributed by atoms with van der Waals surface area (Å²) in [5, 5.41) is 12.6. The Labute approximate surface area is 393 Å². The first-order valence-electron chi connectivity index (χ1n) is 22.9. The average molecular weight is 951 g/mol. The Morgan fingerprint density at radius 2 is 1.01 bits per heavy atom. The number of amides is 4. The van der Waals surface area contributed by atoms with Crippen molar-refractivity contribution in [1.29, 1.82) is 0 Å². The largest absolute Gasteiger partial charge is 0.460 e. The molecule has 2 saturated heterocycles. The number of aromatic nitrogens is 2. The van der Waals surface area contributed by atoms with Crippen molar-refractivity contribution in [2.24, 2.45) is 0 Å². The number of fused-ring (bicyclic) bond motifs is 2. The molecule has 68 heavy (non-hydrogen) atoms. The summed E-state index contributed by atoms with van der Waals surface area (Å²) >= 11 is 0. The molecule has 4 aromatic rings. The Morgan fingerprint density at radius 3 is 1.34 bits per heavy atom. The van der Waals surface area contributed by atoms with Gasteiger partial charge in [0.05, 0.1) is 47.8 Å². The molecule has 0 saturated carbocycles. The van der Waals surface area contributed by atoms with Crippen molar-refractivity contribution in [3.05, 3.63) is 59.2 Å². The van der Waals surface area contributed by atoms with E-state index in [-0.39, 0.29) is 38.8 Å². The number of likely N-dealkylation sites (N-methyl/N-ethyl adjacent to an activating group) is 2. The van der Waals surface area contributed by atoms with E-state index in [0.717, 1.165) is 0 Å². The van der Waals surface area contributed by atoms with E-state index in [2.05, 4.69) is 31.2 Å². The number of nitrogens with zero attached hydrogens (tertiary/aromatic N) is 2. The van der Waals surface area contributed by atoms with E-state index in [1.165, 1.54) is 52.3 Å². The van der Waals surface area contributed by atoms with Gasteiger partial charge in [-0.3, -0.25) is 28.8 Å². The fourth-order valence-electron chi connectivity index (χ4n) is 9.31. The van der Waals surface area contributed by atoms with Crippen LogP contribution in [0, 0.1) is 11.6 Å². The molecule has 1 unspecified atom stereocenters. The van der Waals surface area contributed by atoms with Crippen LogP contribution in [0.15, 0.2) is 36.4 Å². The summed E-state index contributed by atoms with van der Waals surface area (Å²) in [5.41, 5.74) is 2.84. The van der Waals surface area contributed by atoms with Crippen LogP contribution in [0.5, 0.6) is 0 Å². The lowest BCUT2D eigenvalue weighted by Crippen LogP contribution is -2.58. The number of carbonyl (C=O) groups is 6. The van der Waals surface area contributed by atoms with E-state index in [0.29, 0.717) is 44.3 Å². The van der Waals surface area contributed by atoms with Crippen LogP contribution < -0.4 is 21.3 Å². The molecule has 6 N–H and O–H groups in total. The van der Waals surface area contributed by atoms with Crippen molar-refractivity contribution < 1.29 is 56.5 Å². The Hall–Kier alpha value is -5.96. The maximum atomic E-state index is 15.1. The number of hydrogen-bond acceptors (Lipinski definition) is 12. The van der Waals surface area contributed by atoms with Crippen molar-refractivity contribution in [3.63, 3.8) is 0 Å². The van der Waals surface area contributed by atoms with E-state index < -0.39 is 108 Å². The van der Waals surface area contributed by atoms with Crippen LogP contribution in [0.2, 0.25) is 0 Å². The van der Waals surface area contributed by atoms with E-state index >= 15 is 8.78 Å². The predicted octanol–water partition coefficient (Wildman–Crippen LogP) is 3.00. The Bertz CT molecular complexity index is 2340. The van der Waals surface area contributed by atoms with Crippen LogP contribution in [0.3, 0.4) is 0 Å². The summed E-state index contributed by atoms with van der Waals surface area (Å²) in [6.07, 6.45) is -2.46. The predicted molar refractivity (Wildman–Crippen MR) is 248 cm³/mol. The summed E-state index contributed by atoms with van der Waals surface area (Å²) in [7, 11) is 6.10. The molecule has 4 amide bonds. The minimum Gasteiger partial charge on any atom is -0.460 e. The van der Waals surface area contributed by atoms with E-state index in [4.69, 9.17) is 18.9 Å². The van der Waals surface area contributed by atoms with Crippen molar-refractivity contribution in [2.45, 2.75) is 128 Å². The highest BCUT2D eigenvalue weighted by molar-refractivity contribution is 5.97. The van der Waals surface area contributed by atoms with Gasteiger partial charge in [0.2, 0.25) is 23.6 Å². The highest BCUT2D eigenvalue weighted by Crippen LogP contribution is 2.40. The van der Waals surface area contributed by atoms with Gasteiger partial charge in [0.15, 0.2) is 0 Å². The number of aromatic amines is 2. The van der Waals surface area contributed by atoms with Crippen molar-refractivity contribution >= 4 is 57.4 Å². The topological polar surface area (TPSA) is 226 Å². The number of rotatable bonds is 19. The standard InChI is InChI=1S/C48H64F2N8O10/c1-23(51-7)45(61)55-41(25(3)65-9)47(63)57-17-15-39(67-27(5)59)37(57)21-33-31-13-11-29(49)19-35(31)53-43(33)44-34(32-14-12-30(50)20-36(32)54-44)22-38-40(68-28(6)60)16-18-58(38)48(64)42(26(4)66-10)56-46(62)24(2)52-8/h11-14,19-20,23-26,37-42,51-54H,15-18,21-22H2,1-10H3,(H,55,61)(H,56,62)/t23-,24-,25+,26+,37+,38+,39-,40-,41-,42?/m0/s1. The molecule has 2 aliphatic heterocycles. The molecule has 4 heterocycles. The maximum absolute atomic E-state index is 15.1. The van der Waals surface area contributed by atoms with Crippen molar-refractivity contribution in [3.8, 4) is 11.4 Å². The molecule has 18 nitrogen and oxygen atoms in total. The number of methoxy groups -OCH3 is 2. The number of esters is 2. The second-order valence-electron chi connectivity index (χ2n) is 17.7. The molecule has 2 aromatic heterocycles. The minimum absolute atomic E-state index is 0.0498. The molecule has 2 aromatic carbocycles.